The number of rotatable bonds is 6. The molecule has 2 heterocycles. The topological polar surface area (TPSA) is 55.5 Å². The Morgan fingerprint density at radius 3 is 2.39 bits per heavy atom. The van der Waals surface area contributed by atoms with Crippen molar-refractivity contribution in [1.29, 1.82) is 0 Å². The molecule has 7 heteroatoms. The molecule has 1 fully saturated rings. The van der Waals surface area contributed by atoms with Gasteiger partial charge in [0, 0.05) is 11.3 Å². The highest BCUT2D eigenvalue weighted by molar-refractivity contribution is 7.99. The highest BCUT2D eigenvalue weighted by Gasteiger charge is 2.24. The molecule has 1 amide bonds. The van der Waals surface area contributed by atoms with Crippen LogP contribution in [-0.4, -0.2) is 57.5 Å². The molecular weight excluding hydrogens is 370 g/mol. The van der Waals surface area contributed by atoms with Crippen molar-refractivity contribution in [2.45, 2.75) is 11.7 Å². The van der Waals surface area contributed by atoms with Gasteiger partial charge < -0.3 is 9.80 Å². The number of aromatic nitrogens is 3. The summed E-state index contributed by atoms with van der Waals surface area (Å²) in [6.07, 6.45) is 1.69. The summed E-state index contributed by atoms with van der Waals surface area (Å²) in [5.41, 5.74) is 2.36. The minimum Gasteiger partial charge on any atom is -0.331 e. The Labute approximate surface area is 169 Å². The summed E-state index contributed by atoms with van der Waals surface area (Å²) in [5.74, 6) is 0.561. The molecule has 3 aromatic rings. The van der Waals surface area contributed by atoms with Crippen LogP contribution in [0.5, 0.6) is 0 Å². The molecule has 1 N–H and O–H groups in total. The van der Waals surface area contributed by atoms with Gasteiger partial charge in [0.1, 0.15) is 12.9 Å². The molecular formula is C21H24N5OS+. The molecule has 1 aromatic heterocycles. The fourth-order valence-electron chi connectivity index (χ4n) is 3.44. The van der Waals surface area contributed by atoms with Gasteiger partial charge in [0.15, 0.2) is 5.16 Å². The third-order valence-corrected chi connectivity index (χ3v) is 5.92. The first-order valence-electron chi connectivity index (χ1n) is 9.53. The molecule has 0 atom stereocenters. The Balaban J connectivity index is 1.27. The zero-order chi connectivity index (χ0) is 19.2. The van der Waals surface area contributed by atoms with Crippen LogP contribution in [0.15, 0.2) is 72.1 Å². The van der Waals surface area contributed by atoms with Crippen LogP contribution < -0.4 is 4.90 Å². The monoisotopic (exact) mass is 394 g/mol. The maximum atomic E-state index is 12.6. The van der Waals surface area contributed by atoms with Crippen LogP contribution in [0.3, 0.4) is 0 Å². The first-order chi connectivity index (χ1) is 13.8. The van der Waals surface area contributed by atoms with Crippen LogP contribution in [0.25, 0.3) is 5.69 Å². The second-order valence-corrected chi connectivity index (χ2v) is 7.84. The van der Waals surface area contributed by atoms with E-state index in [1.807, 2.05) is 45.9 Å². The molecule has 0 saturated carbocycles. The van der Waals surface area contributed by atoms with E-state index in [1.54, 1.807) is 6.33 Å². The van der Waals surface area contributed by atoms with Crippen molar-refractivity contribution >= 4 is 17.7 Å². The smallest absolute Gasteiger partial charge is 0.233 e. The number of nitrogens with zero attached hydrogens (tertiary/aromatic N) is 4. The number of carbonyl (C=O) groups is 1. The van der Waals surface area contributed by atoms with E-state index in [0.29, 0.717) is 5.75 Å². The van der Waals surface area contributed by atoms with E-state index in [-0.39, 0.29) is 5.91 Å². The molecule has 0 unspecified atom stereocenters. The Bertz CT molecular complexity index is 891. The van der Waals surface area contributed by atoms with Crippen LogP contribution in [0.4, 0.5) is 0 Å². The molecule has 0 spiro atoms. The molecule has 1 saturated heterocycles. The standard InChI is InChI=1S/C21H23N5OS/c27-20(16-28-21-23-22-17-26(21)19-9-5-2-6-10-19)25-13-11-24(12-14-25)15-18-7-3-1-4-8-18/h1-10,17H,11-16H2/p+1. The summed E-state index contributed by atoms with van der Waals surface area (Å²) in [5, 5.41) is 8.92. The Morgan fingerprint density at radius 2 is 1.68 bits per heavy atom. The SMILES string of the molecule is O=C(CSc1nncn1-c1ccccc1)N1CC[NH+](Cc2ccccc2)CC1. The third kappa shape index (κ3) is 4.61. The molecule has 1 aliphatic rings. The van der Waals surface area contributed by atoms with Gasteiger partial charge in [0.05, 0.1) is 31.9 Å². The van der Waals surface area contributed by atoms with E-state index >= 15 is 0 Å². The summed E-state index contributed by atoms with van der Waals surface area (Å²) in [6.45, 7) is 4.63. The highest BCUT2D eigenvalue weighted by atomic mass is 32.2. The highest BCUT2D eigenvalue weighted by Crippen LogP contribution is 2.19. The number of hydrogen-bond donors (Lipinski definition) is 1. The van der Waals surface area contributed by atoms with Gasteiger partial charge in [-0.1, -0.05) is 60.3 Å². The quantitative estimate of drug-likeness (QED) is 0.640. The molecule has 0 bridgehead atoms. The van der Waals surface area contributed by atoms with Gasteiger partial charge in [-0.05, 0) is 12.1 Å². The molecule has 0 radical (unpaired) electrons. The number of carbonyl (C=O) groups excluding carboxylic acids is 1. The number of hydrogen-bond acceptors (Lipinski definition) is 4. The average molecular weight is 395 g/mol. The van der Waals surface area contributed by atoms with E-state index in [9.17, 15) is 4.79 Å². The lowest BCUT2D eigenvalue weighted by Gasteiger charge is -2.32. The maximum Gasteiger partial charge on any atom is 0.233 e. The zero-order valence-electron chi connectivity index (χ0n) is 15.7. The molecule has 144 valence electrons. The summed E-state index contributed by atoms with van der Waals surface area (Å²) in [6, 6.07) is 20.5. The minimum atomic E-state index is 0.173. The normalized spacial score (nSPS) is 14.9. The van der Waals surface area contributed by atoms with E-state index < -0.39 is 0 Å². The van der Waals surface area contributed by atoms with Gasteiger partial charge in [0.25, 0.3) is 0 Å². The van der Waals surface area contributed by atoms with Gasteiger partial charge in [-0.25, -0.2) is 0 Å². The van der Waals surface area contributed by atoms with Crippen molar-refractivity contribution in [3.63, 3.8) is 0 Å². The van der Waals surface area contributed by atoms with Crippen molar-refractivity contribution in [2.75, 3.05) is 31.9 Å². The first kappa shape index (κ1) is 18.7. The van der Waals surface area contributed by atoms with Crippen molar-refractivity contribution in [2.24, 2.45) is 0 Å². The fourth-order valence-corrected chi connectivity index (χ4v) is 4.27. The van der Waals surface area contributed by atoms with Crippen molar-refractivity contribution in [3.05, 3.63) is 72.6 Å². The first-order valence-corrected chi connectivity index (χ1v) is 10.5. The average Bonchev–Trinajstić information content (AvgIpc) is 3.23. The van der Waals surface area contributed by atoms with Gasteiger partial charge in [-0.3, -0.25) is 9.36 Å². The number of nitrogens with one attached hydrogen (secondary N) is 1. The van der Waals surface area contributed by atoms with E-state index in [1.165, 1.54) is 22.2 Å². The second-order valence-electron chi connectivity index (χ2n) is 6.90. The third-order valence-electron chi connectivity index (χ3n) is 5.00. The summed E-state index contributed by atoms with van der Waals surface area (Å²) >= 11 is 1.45. The number of piperazine rings is 1. The summed E-state index contributed by atoms with van der Waals surface area (Å²) in [4.78, 5) is 16.2. The fraction of sp³-hybridized carbons (Fsp3) is 0.286. The van der Waals surface area contributed by atoms with Crippen molar-refractivity contribution in [3.8, 4) is 5.69 Å². The molecule has 1 aliphatic heterocycles. The molecule has 6 nitrogen and oxygen atoms in total. The lowest BCUT2D eigenvalue weighted by molar-refractivity contribution is -0.917. The second kappa shape index (κ2) is 9.03. The van der Waals surface area contributed by atoms with Crippen molar-refractivity contribution in [1.82, 2.24) is 19.7 Å². The summed E-state index contributed by atoms with van der Waals surface area (Å²) < 4.78 is 1.92. The maximum absolute atomic E-state index is 12.6. The van der Waals surface area contributed by atoms with E-state index in [0.717, 1.165) is 43.6 Å². The number of quaternary nitrogens is 1. The largest absolute Gasteiger partial charge is 0.331 e. The Kier molecular flexibility index (Phi) is 6.04. The number of amides is 1. The molecule has 4 rings (SSSR count). The predicted molar refractivity (Wildman–Crippen MR) is 110 cm³/mol. The Morgan fingerprint density at radius 1 is 1.00 bits per heavy atom. The van der Waals surface area contributed by atoms with Crippen LogP contribution >= 0.6 is 11.8 Å². The lowest BCUT2D eigenvalue weighted by atomic mass is 10.2. The summed E-state index contributed by atoms with van der Waals surface area (Å²) in [7, 11) is 0. The van der Waals surface area contributed by atoms with Crippen LogP contribution in [0, 0.1) is 0 Å². The van der Waals surface area contributed by atoms with E-state index in [4.69, 9.17) is 0 Å². The van der Waals surface area contributed by atoms with E-state index in [2.05, 4.69) is 34.5 Å². The number of para-hydroxylation sites is 1. The zero-order valence-corrected chi connectivity index (χ0v) is 16.5. The lowest BCUT2D eigenvalue weighted by Crippen LogP contribution is -3.13. The molecule has 2 aromatic carbocycles. The van der Waals surface area contributed by atoms with Crippen LogP contribution in [-0.2, 0) is 11.3 Å². The van der Waals surface area contributed by atoms with Gasteiger partial charge >= 0.3 is 0 Å². The minimum absolute atomic E-state index is 0.173. The molecule has 28 heavy (non-hydrogen) atoms. The van der Waals surface area contributed by atoms with Gasteiger partial charge in [0.2, 0.25) is 5.91 Å². The van der Waals surface area contributed by atoms with Gasteiger partial charge in [-0.2, -0.15) is 0 Å². The van der Waals surface area contributed by atoms with Crippen molar-refractivity contribution < 1.29 is 9.69 Å². The number of benzene rings is 2. The van der Waals surface area contributed by atoms with Gasteiger partial charge in [-0.15, -0.1) is 10.2 Å². The predicted octanol–water partition coefficient (Wildman–Crippen LogP) is 1.29. The van der Waals surface area contributed by atoms with Crippen LogP contribution in [0.1, 0.15) is 5.56 Å². The molecule has 0 aliphatic carbocycles. The number of thioether (sulfide) groups is 1. The van der Waals surface area contributed by atoms with Crippen LogP contribution in [0.2, 0.25) is 0 Å². The Hall–Kier alpha value is -2.64.